The van der Waals surface area contributed by atoms with E-state index in [2.05, 4.69) is 0 Å². The summed E-state index contributed by atoms with van der Waals surface area (Å²) in [5, 5.41) is 47.4. The Labute approximate surface area is 247 Å². The Bertz CT molecular complexity index is 2030. The molecule has 0 saturated heterocycles. The van der Waals surface area contributed by atoms with Crippen molar-refractivity contribution in [2.75, 3.05) is 0 Å². The summed E-state index contributed by atoms with van der Waals surface area (Å²) in [6.45, 7) is 0. The summed E-state index contributed by atoms with van der Waals surface area (Å²) >= 11 is 0. The van der Waals surface area contributed by atoms with E-state index in [9.17, 15) is 39.6 Å². The summed E-state index contributed by atoms with van der Waals surface area (Å²) in [5.41, 5.74) is 0.989. The highest BCUT2D eigenvalue weighted by atomic mass is 16.4. The highest BCUT2D eigenvalue weighted by molar-refractivity contribution is 6.26. The van der Waals surface area contributed by atoms with Crippen molar-refractivity contribution < 1.29 is 39.6 Å². The zero-order valence-electron chi connectivity index (χ0n) is 22.7. The number of carboxylic acid groups (broad SMARTS) is 4. The zero-order valence-corrected chi connectivity index (χ0v) is 22.7. The first kappa shape index (κ1) is 26.6. The van der Waals surface area contributed by atoms with Crippen molar-refractivity contribution in [3.8, 4) is 0 Å². The van der Waals surface area contributed by atoms with Crippen LogP contribution in [0, 0.1) is 0 Å². The molecule has 212 valence electrons. The highest BCUT2D eigenvalue weighted by Crippen LogP contribution is 2.37. The maximum atomic E-state index is 11.2. The number of benzene rings is 8. The first-order valence-corrected chi connectivity index (χ1v) is 13.5. The third-order valence-corrected chi connectivity index (χ3v) is 8.06. The Kier molecular flexibility index (Phi) is 5.83. The van der Waals surface area contributed by atoms with Gasteiger partial charge in [-0.2, -0.15) is 0 Å². The Balaban J connectivity index is 0.000000142. The van der Waals surface area contributed by atoms with Gasteiger partial charge in [0.25, 0.3) is 0 Å². The van der Waals surface area contributed by atoms with Crippen LogP contribution in [0.2, 0.25) is 0 Å². The van der Waals surface area contributed by atoms with Gasteiger partial charge < -0.3 is 20.4 Å². The van der Waals surface area contributed by atoms with E-state index < -0.39 is 23.9 Å². The van der Waals surface area contributed by atoms with E-state index in [1.165, 1.54) is 0 Å². The molecule has 8 rings (SSSR count). The van der Waals surface area contributed by atoms with Gasteiger partial charge in [-0.05, 0) is 113 Å². The van der Waals surface area contributed by atoms with Gasteiger partial charge in [-0.1, -0.05) is 48.5 Å². The minimum Gasteiger partial charge on any atom is -0.478 e. The second-order valence-corrected chi connectivity index (χ2v) is 10.7. The fraction of sp³-hybridized carbons (Fsp3) is 0. The lowest BCUT2D eigenvalue weighted by molar-refractivity contribution is 0.0686. The average molecular weight is 581 g/mol. The van der Waals surface area contributed by atoms with Crippen LogP contribution in [0.25, 0.3) is 64.6 Å². The molecule has 0 radical (unpaired) electrons. The lowest BCUT2D eigenvalue weighted by Gasteiger charge is -2.12. The van der Waals surface area contributed by atoms with E-state index in [-0.39, 0.29) is 22.3 Å². The van der Waals surface area contributed by atoms with E-state index in [1.807, 2.05) is 48.5 Å². The Morgan fingerprint density at radius 2 is 0.432 bits per heavy atom. The molecule has 8 aromatic rings. The predicted octanol–water partition coefficient (Wildman–Crippen LogP) is 7.96. The molecule has 44 heavy (non-hydrogen) atoms. The molecule has 0 aliphatic carbocycles. The SMILES string of the molecule is O=C(O)c1cc2ccc3cc(C(=O)O)cc4ccc(c1)c2c34.O=C(O)c1cc2ccc3cc(C(=O)O)cc4ccc(c1)c2c34. The first-order valence-electron chi connectivity index (χ1n) is 13.5. The molecule has 0 spiro atoms. The number of carboxylic acids is 4. The van der Waals surface area contributed by atoms with Crippen LogP contribution in [0.5, 0.6) is 0 Å². The second kappa shape index (κ2) is 9.64. The van der Waals surface area contributed by atoms with Crippen LogP contribution in [-0.4, -0.2) is 44.3 Å². The topological polar surface area (TPSA) is 149 Å². The molecule has 0 fully saturated rings. The standard InChI is InChI=1S/2C18H10O4/c2*19-17(20)13-5-9-1-2-10-6-14(18(21)22)8-12-4-3-11(7-13)15(9)16(10)12/h2*1-8H,(H,19,20)(H,21,22). The maximum absolute atomic E-state index is 11.2. The van der Waals surface area contributed by atoms with Crippen LogP contribution in [0.3, 0.4) is 0 Å². The molecular formula is C36H20O8. The van der Waals surface area contributed by atoms with Gasteiger partial charge in [0.05, 0.1) is 22.3 Å². The Morgan fingerprint density at radius 3 is 0.545 bits per heavy atom. The average Bonchev–Trinajstić information content (AvgIpc) is 3.01. The highest BCUT2D eigenvalue weighted by Gasteiger charge is 2.16. The lowest BCUT2D eigenvalue weighted by atomic mass is 9.91. The predicted molar refractivity (Wildman–Crippen MR) is 168 cm³/mol. The van der Waals surface area contributed by atoms with Crippen molar-refractivity contribution in [1.82, 2.24) is 0 Å². The van der Waals surface area contributed by atoms with Crippen molar-refractivity contribution in [2.45, 2.75) is 0 Å². The van der Waals surface area contributed by atoms with E-state index in [0.29, 0.717) is 0 Å². The van der Waals surface area contributed by atoms with Gasteiger partial charge in [-0.25, -0.2) is 19.2 Å². The van der Waals surface area contributed by atoms with Gasteiger partial charge in [0.1, 0.15) is 0 Å². The van der Waals surface area contributed by atoms with E-state index >= 15 is 0 Å². The van der Waals surface area contributed by atoms with Crippen molar-refractivity contribution in [2.24, 2.45) is 0 Å². The molecule has 0 unspecified atom stereocenters. The van der Waals surface area contributed by atoms with E-state index in [0.717, 1.165) is 64.6 Å². The number of hydrogen-bond acceptors (Lipinski definition) is 4. The number of rotatable bonds is 4. The van der Waals surface area contributed by atoms with Gasteiger partial charge in [0.15, 0.2) is 0 Å². The minimum absolute atomic E-state index is 0.247. The molecule has 0 aromatic heterocycles. The van der Waals surface area contributed by atoms with Crippen LogP contribution < -0.4 is 0 Å². The summed E-state index contributed by atoms with van der Waals surface area (Å²) in [6, 6.07) is 27.9. The molecule has 0 aliphatic heterocycles. The summed E-state index contributed by atoms with van der Waals surface area (Å²) < 4.78 is 0. The fourth-order valence-corrected chi connectivity index (χ4v) is 6.17. The van der Waals surface area contributed by atoms with Crippen LogP contribution in [-0.2, 0) is 0 Å². The third kappa shape index (κ3) is 4.16. The molecule has 0 saturated carbocycles. The summed E-state index contributed by atoms with van der Waals surface area (Å²) in [5.74, 6) is -3.84. The van der Waals surface area contributed by atoms with Gasteiger partial charge >= 0.3 is 23.9 Å². The largest absolute Gasteiger partial charge is 0.478 e. The number of aromatic carboxylic acids is 4. The maximum Gasteiger partial charge on any atom is 0.335 e. The van der Waals surface area contributed by atoms with Gasteiger partial charge in [-0.15, -0.1) is 0 Å². The third-order valence-electron chi connectivity index (χ3n) is 8.06. The van der Waals surface area contributed by atoms with Gasteiger partial charge in [0.2, 0.25) is 0 Å². The van der Waals surface area contributed by atoms with Crippen molar-refractivity contribution in [1.29, 1.82) is 0 Å². The summed E-state index contributed by atoms with van der Waals surface area (Å²) in [6.07, 6.45) is 0. The van der Waals surface area contributed by atoms with Gasteiger partial charge in [-0.3, -0.25) is 0 Å². The van der Waals surface area contributed by atoms with Crippen LogP contribution in [0.1, 0.15) is 41.4 Å². The molecule has 0 atom stereocenters. The van der Waals surface area contributed by atoms with E-state index in [1.54, 1.807) is 48.5 Å². The molecule has 4 N–H and O–H groups in total. The molecule has 0 amide bonds. The molecule has 0 aliphatic rings. The number of hydrogen-bond donors (Lipinski definition) is 4. The van der Waals surface area contributed by atoms with Crippen molar-refractivity contribution >= 4 is 88.5 Å². The fourth-order valence-electron chi connectivity index (χ4n) is 6.17. The molecule has 0 bridgehead atoms. The number of carbonyl (C=O) groups is 4. The molecule has 8 heteroatoms. The van der Waals surface area contributed by atoms with Gasteiger partial charge in [0, 0.05) is 0 Å². The minimum atomic E-state index is -0.960. The Hall–Kier alpha value is -6.28. The molecule has 0 heterocycles. The smallest absolute Gasteiger partial charge is 0.335 e. The van der Waals surface area contributed by atoms with Crippen LogP contribution in [0.15, 0.2) is 97.1 Å². The van der Waals surface area contributed by atoms with Crippen LogP contribution >= 0.6 is 0 Å². The van der Waals surface area contributed by atoms with Crippen molar-refractivity contribution in [3.63, 3.8) is 0 Å². The second-order valence-electron chi connectivity index (χ2n) is 10.7. The van der Waals surface area contributed by atoms with E-state index in [4.69, 9.17) is 0 Å². The molecule has 8 aromatic carbocycles. The Morgan fingerprint density at radius 1 is 0.295 bits per heavy atom. The van der Waals surface area contributed by atoms with Crippen LogP contribution in [0.4, 0.5) is 0 Å². The normalized spacial score (nSPS) is 11.5. The molecule has 8 nitrogen and oxygen atoms in total. The quantitative estimate of drug-likeness (QED) is 0.153. The first-order chi connectivity index (χ1) is 21.1. The van der Waals surface area contributed by atoms with Crippen molar-refractivity contribution in [3.05, 3.63) is 119 Å². The summed E-state index contributed by atoms with van der Waals surface area (Å²) in [4.78, 5) is 44.9. The molecular weight excluding hydrogens is 560 g/mol. The zero-order chi connectivity index (χ0) is 30.9. The lowest BCUT2D eigenvalue weighted by Crippen LogP contribution is -1.98. The summed E-state index contributed by atoms with van der Waals surface area (Å²) in [7, 11) is 0. The monoisotopic (exact) mass is 580 g/mol.